The quantitative estimate of drug-likeness (QED) is 0.804. The van der Waals surface area contributed by atoms with Gasteiger partial charge in [-0.3, -0.25) is 0 Å². The molecule has 1 aliphatic heterocycles. The van der Waals surface area contributed by atoms with E-state index in [1.165, 1.54) is 6.07 Å². The lowest BCUT2D eigenvalue weighted by atomic mass is 10.1. The Bertz CT molecular complexity index is 652. The standard InChI is InChI=1S/C18H20FNO2S.ClH/c1-21-15-8-4-5-9-17(15)23-18(16-12-20-10-11-22-16)13-6-2-3-7-14(13)19;/h2-9,16,18,20H,10-12H2,1H3;1H/t16-,18?;/m1./s1. The molecule has 0 aliphatic carbocycles. The molecule has 2 aromatic carbocycles. The molecule has 2 atom stereocenters. The van der Waals surface area contributed by atoms with E-state index in [0.29, 0.717) is 18.7 Å². The monoisotopic (exact) mass is 369 g/mol. The molecule has 3 rings (SSSR count). The van der Waals surface area contributed by atoms with Crippen LogP contribution in [0.15, 0.2) is 53.4 Å². The number of methoxy groups -OCH3 is 1. The lowest BCUT2D eigenvalue weighted by Crippen LogP contribution is -2.41. The van der Waals surface area contributed by atoms with Crippen molar-refractivity contribution < 1.29 is 13.9 Å². The minimum Gasteiger partial charge on any atom is -0.496 e. The van der Waals surface area contributed by atoms with Gasteiger partial charge in [0.1, 0.15) is 11.6 Å². The fourth-order valence-corrected chi connectivity index (χ4v) is 4.02. The topological polar surface area (TPSA) is 30.5 Å². The molecule has 24 heavy (non-hydrogen) atoms. The first kappa shape index (κ1) is 19.1. The van der Waals surface area contributed by atoms with Crippen LogP contribution in [0.1, 0.15) is 10.8 Å². The second-order valence-electron chi connectivity index (χ2n) is 5.32. The van der Waals surface area contributed by atoms with Crippen LogP contribution in [-0.4, -0.2) is 32.9 Å². The Kier molecular flexibility index (Phi) is 7.37. The van der Waals surface area contributed by atoms with Crippen molar-refractivity contribution in [3.8, 4) is 5.75 Å². The fourth-order valence-electron chi connectivity index (χ4n) is 2.68. The Labute approximate surface area is 152 Å². The van der Waals surface area contributed by atoms with Crippen molar-refractivity contribution in [1.82, 2.24) is 5.32 Å². The van der Waals surface area contributed by atoms with Gasteiger partial charge in [0, 0.05) is 18.7 Å². The number of hydrogen-bond acceptors (Lipinski definition) is 4. The average Bonchev–Trinajstić information content (AvgIpc) is 2.61. The van der Waals surface area contributed by atoms with E-state index in [1.807, 2.05) is 36.4 Å². The minimum absolute atomic E-state index is 0. The van der Waals surface area contributed by atoms with Crippen molar-refractivity contribution in [2.24, 2.45) is 0 Å². The van der Waals surface area contributed by atoms with Gasteiger partial charge in [-0.25, -0.2) is 4.39 Å². The Morgan fingerprint density at radius 3 is 2.67 bits per heavy atom. The van der Waals surface area contributed by atoms with E-state index in [-0.39, 0.29) is 29.6 Å². The molecule has 0 bridgehead atoms. The summed E-state index contributed by atoms with van der Waals surface area (Å²) >= 11 is 1.58. The Hall–Kier alpha value is -1.27. The predicted octanol–water partition coefficient (Wildman–Crippen LogP) is 4.08. The Morgan fingerprint density at radius 1 is 1.21 bits per heavy atom. The van der Waals surface area contributed by atoms with E-state index in [0.717, 1.165) is 17.2 Å². The van der Waals surface area contributed by atoms with Gasteiger partial charge in [-0.2, -0.15) is 0 Å². The third-order valence-electron chi connectivity index (χ3n) is 3.83. The van der Waals surface area contributed by atoms with Crippen LogP contribution in [0.4, 0.5) is 4.39 Å². The first-order valence-electron chi connectivity index (χ1n) is 7.66. The highest BCUT2D eigenvalue weighted by molar-refractivity contribution is 7.99. The largest absolute Gasteiger partial charge is 0.496 e. The SMILES string of the molecule is COc1ccccc1SC(c1ccccc1F)[C@H]1CNCCO1.Cl. The van der Waals surface area contributed by atoms with E-state index < -0.39 is 0 Å². The molecule has 0 amide bonds. The van der Waals surface area contributed by atoms with Crippen molar-refractivity contribution in [3.05, 3.63) is 59.9 Å². The number of rotatable bonds is 5. The number of benzene rings is 2. The highest BCUT2D eigenvalue weighted by atomic mass is 35.5. The van der Waals surface area contributed by atoms with Gasteiger partial charge in [0.2, 0.25) is 0 Å². The molecule has 1 heterocycles. The van der Waals surface area contributed by atoms with E-state index in [4.69, 9.17) is 9.47 Å². The molecule has 0 spiro atoms. The van der Waals surface area contributed by atoms with E-state index in [9.17, 15) is 4.39 Å². The maximum absolute atomic E-state index is 14.4. The van der Waals surface area contributed by atoms with Crippen LogP contribution < -0.4 is 10.1 Å². The summed E-state index contributed by atoms with van der Waals surface area (Å²) in [5.41, 5.74) is 0.664. The summed E-state index contributed by atoms with van der Waals surface area (Å²) in [5.74, 6) is 0.594. The summed E-state index contributed by atoms with van der Waals surface area (Å²) in [6, 6.07) is 14.7. The van der Waals surface area contributed by atoms with Crippen LogP contribution in [-0.2, 0) is 4.74 Å². The maximum Gasteiger partial charge on any atom is 0.132 e. The third kappa shape index (κ3) is 4.42. The van der Waals surface area contributed by atoms with Gasteiger partial charge in [-0.15, -0.1) is 24.2 Å². The summed E-state index contributed by atoms with van der Waals surface area (Å²) in [6.07, 6.45) is -0.0874. The molecule has 1 unspecified atom stereocenters. The highest BCUT2D eigenvalue weighted by Crippen LogP contribution is 2.43. The van der Waals surface area contributed by atoms with Crippen LogP contribution in [0.5, 0.6) is 5.75 Å². The average molecular weight is 370 g/mol. The second-order valence-corrected chi connectivity index (χ2v) is 6.51. The van der Waals surface area contributed by atoms with E-state index in [2.05, 4.69) is 5.32 Å². The summed E-state index contributed by atoms with van der Waals surface area (Å²) in [6.45, 7) is 2.18. The number of thioether (sulfide) groups is 1. The molecule has 1 fully saturated rings. The molecule has 1 saturated heterocycles. The van der Waals surface area contributed by atoms with Gasteiger partial charge >= 0.3 is 0 Å². The number of morpholine rings is 1. The molecule has 0 radical (unpaired) electrons. The van der Waals surface area contributed by atoms with Gasteiger partial charge in [0.05, 0.1) is 30.0 Å². The number of ether oxygens (including phenoxy) is 2. The summed E-state index contributed by atoms with van der Waals surface area (Å²) < 4.78 is 25.7. The zero-order valence-electron chi connectivity index (χ0n) is 13.4. The van der Waals surface area contributed by atoms with Crippen molar-refractivity contribution in [1.29, 1.82) is 0 Å². The van der Waals surface area contributed by atoms with Crippen molar-refractivity contribution >= 4 is 24.2 Å². The molecule has 0 saturated carbocycles. The van der Waals surface area contributed by atoms with Crippen molar-refractivity contribution in [3.63, 3.8) is 0 Å². The van der Waals surface area contributed by atoms with Gasteiger partial charge in [-0.1, -0.05) is 30.3 Å². The molecule has 1 aliphatic rings. The van der Waals surface area contributed by atoms with Crippen LogP contribution in [0.25, 0.3) is 0 Å². The number of para-hydroxylation sites is 1. The minimum atomic E-state index is -0.200. The lowest BCUT2D eigenvalue weighted by molar-refractivity contribution is 0.0268. The van der Waals surface area contributed by atoms with Gasteiger partial charge < -0.3 is 14.8 Å². The first-order valence-corrected chi connectivity index (χ1v) is 8.54. The zero-order chi connectivity index (χ0) is 16.1. The van der Waals surface area contributed by atoms with Crippen LogP contribution in [0.2, 0.25) is 0 Å². The molecule has 130 valence electrons. The third-order valence-corrected chi connectivity index (χ3v) is 5.23. The molecular formula is C18H21ClFNO2S. The highest BCUT2D eigenvalue weighted by Gasteiger charge is 2.29. The number of hydrogen-bond donors (Lipinski definition) is 1. The summed E-state index contributed by atoms with van der Waals surface area (Å²) in [5, 5.41) is 3.19. The summed E-state index contributed by atoms with van der Waals surface area (Å²) in [7, 11) is 1.65. The van der Waals surface area contributed by atoms with Gasteiger partial charge in [0.25, 0.3) is 0 Å². The fraction of sp³-hybridized carbons (Fsp3) is 0.333. The first-order chi connectivity index (χ1) is 11.3. The second kappa shape index (κ2) is 9.28. The molecule has 3 nitrogen and oxygen atoms in total. The van der Waals surface area contributed by atoms with Crippen LogP contribution in [0.3, 0.4) is 0 Å². The maximum atomic E-state index is 14.4. The lowest BCUT2D eigenvalue weighted by Gasteiger charge is -2.31. The molecule has 6 heteroatoms. The molecule has 0 aromatic heterocycles. The predicted molar refractivity (Wildman–Crippen MR) is 97.8 cm³/mol. The molecule has 2 aromatic rings. The normalized spacial score (nSPS) is 18.5. The molecular weight excluding hydrogens is 349 g/mol. The summed E-state index contributed by atoms with van der Waals surface area (Å²) in [4.78, 5) is 0.984. The number of nitrogens with one attached hydrogen (secondary N) is 1. The number of halogens is 2. The Morgan fingerprint density at radius 2 is 1.96 bits per heavy atom. The molecule has 1 N–H and O–H groups in total. The zero-order valence-corrected chi connectivity index (χ0v) is 15.0. The Balaban J connectivity index is 0.00000208. The van der Waals surface area contributed by atoms with Gasteiger partial charge in [0.15, 0.2) is 0 Å². The van der Waals surface area contributed by atoms with Crippen LogP contribution in [0, 0.1) is 5.82 Å². The van der Waals surface area contributed by atoms with Crippen molar-refractivity contribution in [2.75, 3.05) is 26.8 Å². The van der Waals surface area contributed by atoms with Gasteiger partial charge in [-0.05, 0) is 18.2 Å². The van der Waals surface area contributed by atoms with E-state index >= 15 is 0 Å². The van der Waals surface area contributed by atoms with Crippen molar-refractivity contribution in [2.45, 2.75) is 16.2 Å². The van der Waals surface area contributed by atoms with E-state index in [1.54, 1.807) is 24.9 Å². The van der Waals surface area contributed by atoms with Crippen LogP contribution >= 0.6 is 24.2 Å². The smallest absolute Gasteiger partial charge is 0.132 e.